The normalized spacial score (nSPS) is 15.4. The zero-order chi connectivity index (χ0) is 25.8. The van der Waals surface area contributed by atoms with Gasteiger partial charge in [0.05, 0.1) is 19.3 Å². The predicted molar refractivity (Wildman–Crippen MR) is 139 cm³/mol. The number of anilines is 2. The van der Waals surface area contributed by atoms with Crippen LogP contribution in [0.1, 0.15) is 35.9 Å². The first-order chi connectivity index (χ1) is 17.3. The van der Waals surface area contributed by atoms with Crippen LogP contribution in [0.15, 0.2) is 66.7 Å². The van der Waals surface area contributed by atoms with Crippen molar-refractivity contribution in [1.29, 1.82) is 0 Å². The summed E-state index contributed by atoms with van der Waals surface area (Å²) >= 11 is 0. The van der Waals surface area contributed by atoms with E-state index in [-0.39, 0.29) is 11.8 Å². The van der Waals surface area contributed by atoms with Crippen LogP contribution in [-0.2, 0) is 4.79 Å². The number of amides is 2. The third kappa shape index (κ3) is 4.93. The van der Waals surface area contributed by atoms with Gasteiger partial charge in [-0.25, -0.2) is 0 Å². The molecule has 2 amide bonds. The van der Waals surface area contributed by atoms with Crippen molar-refractivity contribution < 1.29 is 23.8 Å². The molecular formula is C28H31N3O5. The van der Waals surface area contributed by atoms with E-state index in [9.17, 15) is 9.59 Å². The van der Waals surface area contributed by atoms with E-state index in [1.807, 2.05) is 67.6 Å². The van der Waals surface area contributed by atoms with Crippen molar-refractivity contribution >= 4 is 23.2 Å². The standard InChI is InChI=1S/C28H31N3O5/c1-6-35-25-17-19(11-16-24(25)36-18(2)27(32)30(3)4)26-29-23-10-8-7-9-22(23)28(33)31(26)20-12-14-21(34-5)15-13-20/h7-18,26,29H,6H2,1-5H3/t18-,26-/m0/s1. The number of rotatable bonds is 8. The van der Waals surface area contributed by atoms with E-state index in [4.69, 9.17) is 14.2 Å². The Balaban J connectivity index is 1.75. The van der Waals surface area contributed by atoms with Gasteiger partial charge in [-0.05, 0) is 67.9 Å². The van der Waals surface area contributed by atoms with Gasteiger partial charge in [-0.2, -0.15) is 0 Å². The maximum atomic E-state index is 13.7. The largest absolute Gasteiger partial charge is 0.497 e. The number of ether oxygens (including phenoxy) is 3. The molecule has 188 valence electrons. The Morgan fingerprint density at radius 2 is 1.78 bits per heavy atom. The second-order valence-corrected chi connectivity index (χ2v) is 8.60. The lowest BCUT2D eigenvalue weighted by Crippen LogP contribution is -2.43. The molecule has 0 radical (unpaired) electrons. The van der Waals surface area contributed by atoms with E-state index < -0.39 is 12.3 Å². The molecule has 0 aromatic heterocycles. The molecule has 8 nitrogen and oxygen atoms in total. The van der Waals surface area contributed by atoms with Crippen LogP contribution in [0.2, 0.25) is 0 Å². The van der Waals surface area contributed by atoms with Crippen molar-refractivity contribution in [3.05, 3.63) is 77.9 Å². The van der Waals surface area contributed by atoms with Gasteiger partial charge in [-0.15, -0.1) is 0 Å². The molecule has 0 unspecified atom stereocenters. The van der Waals surface area contributed by atoms with E-state index in [0.29, 0.717) is 29.4 Å². The Morgan fingerprint density at radius 1 is 1.06 bits per heavy atom. The third-order valence-corrected chi connectivity index (χ3v) is 5.95. The first kappa shape index (κ1) is 24.9. The third-order valence-electron chi connectivity index (χ3n) is 5.95. The molecule has 36 heavy (non-hydrogen) atoms. The molecule has 1 aliphatic rings. The Morgan fingerprint density at radius 3 is 2.44 bits per heavy atom. The minimum atomic E-state index is -0.679. The van der Waals surface area contributed by atoms with Crippen LogP contribution >= 0.6 is 0 Å². The highest BCUT2D eigenvalue weighted by atomic mass is 16.5. The van der Waals surface area contributed by atoms with E-state index in [1.165, 1.54) is 4.90 Å². The molecule has 3 aromatic carbocycles. The fraction of sp³-hybridized carbons (Fsp3) is 0.286. The van der Waals surface area contributed by atoms with Crippen LogP contribution in [0.3, 0.4) is 0 Å². The second kappa shape index (κ2) is 10.6. The number of para-hydroxylation sites is 1. The molecule has 3 aromatic rings. The Kier molecular flexibility index (Phi) is 7.33. The van der Waals surface area contributed by atoms with Gasteiger partial charge in [0.1, 0.15) is 11.9 Å². The van der Waals surface area contributed by atoms with Crippen molar-refractivity contribution in [1.82, 2.24) is 4.90 Å². The maximum Gasteiger partial charge on any atom is 0.262 e. The number of carbonyl (C=O) groups excluding carboxylic acids is 2. The van der Waals surface area contributed by atoms with Crippen LogP contribution in [0.4, 0.5) is 11.4 Å². The predicted octanol–water partition coefficient (Wildman–Crippen LogP) is 4.72. The lowest BCUT2D eigenvalue weighted by Gasteiger charge is -2.38. The summed E-state index contributed by atoms with van der Waals surface area (Å²) in [6.45, 7) is 4.00. The molecular weight excluding hydrogens is 458 g/mol. The van der Waals surface area contributed by atoms with Crippen LogP contribution in [0, 0.1) is 0 Å². The first-order valence-electron chi connectivity index (χ1n) is 11.8. The highest BCUT2D eigenvalue weighted by Crippen LogP contribution is 2.40. The molecule has 0 aliphatic carbocycles. The minimum Gasteiger partial charge on any atom is -0.497 e. The SMILES string of the molecule is CCOc1cc([C@H]2Nc3ccccc3C(=O)N2c2ccc(OC)cc2)ccc1O[C@@H](C)C(=O)N(C)C. The summed E-state index contributed by atoms with van der Waals surface area (Å²) in [4.78, 5) is 29.2. The van der Waals surface area contributed by atoms with Crippen molar-refractivity contribution in [3.8, 4) is 17.2 Å². The monoisotopic (exact) mass is 489 g/mol. The molecule has 1 aliphatic heterocycles. The maximum absolute atomic E-state index is 13.7. The molecule has 8 heteroatoms. The van der Waals surface area contributed by atoms with E-state index in [2.05, 4.69) is 5.32 Å². The van der Waals surface area contributed by atoms with Crippen molar-refractivity contribution in [2.45, 2.75) is 26.1 Å². The van der Waals surface area contributed by atoms with Crippen LogP contribution < -0.4 is 24.4 Å². The van der Waals surface area contributed by atoms with Crippen molar-refractivity contribution in [3.63, 3.8) is 0 Å². The summed E-state index contributed by atoms with van der Waals surface area (Å²) in [5.41, 5.74) is 2.86. The zero-order valence-corrected chi connectivity index (χ0v) is 21.1. The average molecular weight is 490 g/mol. The fourth-order valence-electron chi connectivity index (χ4n) is 4.16. The smallest absolute Gasteiger partial charge is 0.262 e. The van der Waals surface area contributed by atoms with Crippen LogP contribution in [-0.4, -0.2) is 50.6 Å². The van der Waals surface area contributed by atoms with E-state index in [0.717, 1.165) is 16.9 Å². The molecule has 2 atom stereocenters. The fourth-order valence-corrected chi connectivity index (χ4v) is 4.16. The summed E-state index contributed by atoms with van der Waals surface area (Å²) in [6, 6.07) is 20.3. The number of benzene rings is 3. The van der Waals surface area contributed by atoms with Crippen molar-refractivity contribution in [2.75, 3.05) is 38.0 Å². The van der Waals surface area contributed by atoms with Gasteiger partial charge in [0.25, 0.3) is 11.8 Å². The second-order valence-electron chi connectivity index (χ2n) is 8.60. The van der Waals surface area contributed by atoms with Gasteiger partial charge in [-0.3, -0.25) is 14.5 Å². The number of nitrogens with zero attached hydrogens (tertiary/aromatic N) is 2. The van der Waals surface area contributed by atoms with Crippen LogP contribution in [0.25, 0.3) is 0 Å². The molecule has 0 fully saturated rings. The molecule has 1 N–H and O–H groups in total. The number of methoxy groups -OCH3 is 1. The first-order valence-corrected chi connectivity index (χ1v) is 11.8. The average Bonchev–Trinajstić information content (AvgIpc) is 2.89. The number of nitrogens with one attached hydrogen (secondary N) is 1. The summed E-state index contributed by atoms with van der Waals surface area (Å²) < 4.78 is 17.1. The van der Waals surface area contributed by atoms with Crippen LogP contribution in [0.5, 0.6) is 17.2 Å². The Labute approximate surface area is 211 Å². The quantitative estimate of drug-likeness (QED) is 0.493. The van der Waals surface area contributed by atoms with Gasteiger partial charge in [0.15, 0.2) is 17.6 Å². The molecule has 0 bridgehead atoms. The van der Waals surface area contributed by atoms with Gasteiger partial charge in [0.2, 0.25) is 0 Å². The molecule has 0 saturated carbocycles. The highest BCUT2D eigenvalue weighted by Gasteiger charge is 2.34. The summed E-state index contributed by atoms with van der Waals surface area (Å²) in [5.74, 6) is 1.39. The summed E-state index contributed by atoms with van der Waals surface area (Å²) in [5, 5.41) is 3.50. The molecule has 0 spiro atoms. The summed E-state index contributed by atoms with van der Waals surface area (Å²) in [6.07, 6.45) is -1.18. The Bertz CT molecular complexity index is 1240. The van der Waals surface area contributed by atoms with Gasteiger partial charge < -0.3 is 24.4 Å². The molecule has 4 rings (SSSR count). The van der Waals surface area contributed by atoms with E-state index in [1.54, 1.807) is 39.1 Å². The zero-order valence-electron chi connectivity index (χ0n) is 21.1. The molecule has 0 saturated heterocycles. The summed E-state index contributed by atoms with van der Waals surface area (Å²) in [7, 11) is 4.98. The van der Waals surface area contributed by atoms with Gasteiger partial charge in [0, 0.05) is 25.5 Å². The van der Waals surface area contributed by atoms with Gasteiger partial charge >= 0.3 is 0 Å². The minimum absolute atomic E-state index is 0.122. The lowest BCUT2D eigenvalue weighted by atomic mass is 10.0. The van der Waals surface area contributed by atoms with Crippen molar-refractivity contribution in [2.24, 2.45) is 0 Å². The van der Waals surface area contributed by atoms with Gasteiger partial charge in [-0.1, -0.05) is 18.2 Å². The number of fused-ring (bicyclic) bond motifs is 1. The highest BCUT2D eigenvalue weighted by molar-refractivity contribution is 6.12. The number of hydrogen-bond donors (Lipinski definition) is 1. The number of hydrogen-bond acceptors (Lipinski definition) is 6. The topological polar surface area (TPSA) is 80.3 Å². The number of carbonyl (C=O) groups is 2. The van der Waals surface area contributed by atoms with E-state index >= 15 is 0 Å². The Hall–Kier alpha value is -4.20. The molecule has 1 heterocycles. The lowest BCUT2D eigenvalue weighted by molar-refractivity contribution is -0.135. The number of likely N-dealkylation sites (N-methyl/N-ethyl adjacent to an activating group) is 1.